The molecule has 1 aromatic rings. The highest BCUT2D eigenvalue weighted by atomic mass is 35.5. The zero-order chi connectivity index (χ0) is 15.7. The molecule has 0 radical (unpaired) electrons. The monoisotopic (exact) mass is 309 g/mol. The minimum atomic E-state index is -0.716. The van der Waals surface area contributed by atoms with E-state index in [-0.39, 0.29) is 5.82 Å². The van der Waals surface area contributed by atoms with Crippen molar-refractivity contribution in [3.05, 3.63) is 50.7 Å². The zero-order valence-electron chi connectivity index (χ0n) is 11.6. The van der Waals surface area contributed by atoms with Gasteiger partial charge in [-0.05, 0) is 31.4 Å². The van der Waals surface area contributed by atoms with Crippen LogP contribution in [0.1, 0.15) is 18.5 Å². The van der Waals surface area contributed by atoms with E-state index in [2.05, 4.69) is 15.6 Å². The average Bonchev–Trinajstić information content (AvgIpc) is 2.47. The number of nitro groups is 1. The van der Waals surface area contributed by atoms with Crippen molar-refractivity contribution in [3.8, 4) is 6.07 Å². The molecule has 8 heteroatoms. The van der Waals surface area contributed by atoms with Crippen molar-refractivity contribution >= 4 is 11.6 Å². The number of aromatic nitrogens is 1. The molecule has 0 saturated carbocycles. The number of nitrogens with one attached hydrogen (secondary N) is 2. The molecule has 0 aliphatic heterocycles. The van der Waals surface area contributed by atoms with Gasteiger partial charge in [-0.1, -0.05) is 11.6 Å². The number of hydrogen-bond donors (Lipinski definition) is 2. The molecule has 1 aromatic heterocycles. The number of halogens is 1. The van der Waals surface area contributed by atoms with Crippen LogP contribution >= 0.6 is 11.6 Å². The second kappa shape index (κ2) is 8.76. The predicted molar refractivity (Wildman–Crippen MR) is 78.9 cm³/mol. The summed E-state index contributed by atoms with van der Waals surface area (Å²) < 4.78 is 0. The third kappa shape index (κ3) is 5.28. The van der Waals surface area contributed by atoms with Crippen LogP contribution in [0.15, 0.2) is 29.8 Å². The highest BCUT2D eigenvalue weighted by molar-refractivity contribution is 6.31. The smallest absolute Gasteiger partial charge is 0.369 e. The number of pyridine rings is 1. The van der Waals surface area contributed by atoms with Crippen LogP contribution in [0, 0.1) is 21.4 Å². The number of hydrogen-bond acceptors (Lipinski definition) is 6. The molecule has 0 aliphatic carbocycles. The lowest BCUT2D eigenvalue weighted by Crippen LogP contribution is -2.28. The van der Waals surface area contributed by atoms with Gasteiger partial charge in [0, 0.05) is 19.8 Å². The largest absolute Gasteiger partial charge is 0.385 e. The second-order valence-electron chi connectivity index (χ2n) is 4.16. The molecular formula is C13H16ClN5O2. The summed E-state index contributed by atoms with van der Waals surface area (Å²) in [6, 6.07) is 5.12. The maximum Gasteiger partial charge on any atom is 0.385 e. The van der Waals surface area contributed by atoms with Gasteiger partial charge in [-0.2, -0.15) is 5.26 Å². The molecule has 0 amide bonds. The molecule has 0 saturated heterocycles. The quantitative estimate of drug-likeness (QED) is 0.328. The van der Waals surface area contributed by atoms with Crippen LogP contribution in [0.2, 0.25) is 5.02 Å². The second-order valence-corrected chi connectivity index (χ2v) is 4.57. The summed E-state index contributed by atoms with van der Waals surface area (Å²) in [7, 11) is 1.52. The third-order valence-corrected chi connectivity index (χ3v) is 3.10. The van der Waals surface area contributed by atoms with Gasteiger partial charge in [-0.25, -0.2) is 0 Å². The molecule has 0 atom stereocenters. The molecule has 21 heavy (non-hydrogen) atoms. The van der Waals surface area contributed by atoms with E-state index in [1.54, 1.807) is 24.4 Å². The van der Waals surface area contributed by atoms with E-state index in [0.717, 1.165) is 25.0 Å². The lowest BCUT2D eigenvalue weighted by molar-refractivity contribution is -0.419. The first-order valence-electron chi connectivity index (χ1n) is 6.40. The number of aryl methyl sites for hydroxylation is 1. The minimum absolute atomic E-state index is 0.123. The normalized spacial score (nSPS) is 11.3. The summed E-state index contributed by atoms with van der Waals surface area (Å²) in [4.78, 5) is 14.1. The van der Waals surface area contributed by atoms with Crippen LogP contribution in [0.4, 0.5) is 0 Å². The van der Waals surface area contributed by atoms with E-state index >= 15 is 0 Å². The molecule has 112 valence electrons. The predicted octanol–water partition coefficient (Wildman–Crippen LogP) is 1.84. The topological polar surface area (TPSA) is 104 Å². The van der Waals surface area contributed by atoms with Crippen LogP contribution < -0.4 is 10.6 Å². The highest BCUT2D eigenvalue weighted by Crippen LogP contribution is 2.14. The lowest BCUT2D eigenvalue weighted by atomic mass is 10.2. The summed E-state index contributed by atoms with van der Waals surface area (Å²) in [5.74, 6) is 0.123. The Labute approximate surface area is 127 Å². The van der Waals surface area contributed by atoms with E-state index in [0.29, 0.717) is 11.6 Å². The van der Waals surface area contributed by atoms with Gasteiger partial charge < -0.3 is 10.6 Å². The molecule has 2 N–H and O–H groups in total. The number of allylic oxidation sites excluding steroid dienone is 1. The van der Waals surface area contributed by atoms with Gasteiger partial charge in [0.25, 0.3) is 0 Å². The van der Waals surface area contributed by atoms with Gasteiger partial charge >= 0.3 is 5.70 Å². The van der Waals surface area contributed by atoms with Crippen LogP contribution in [-0.2, 0) is 6.42 Å². The van der Waals surface area contributed by atoms with Crippen molar-refractivity contribution in [1.29, 1.82) is 5.26 Å². The molecule has 0 aliphatic rings. The van der Waals surface area contributed by atoms with Gasteiger partial charge in [0.1, 0.15) is 0 Å². The number of nitrogens with zero attached hydrogens (tertiary/aromatic N) is 3. The van der Waals surface area contributed by atoms with Crippen LogP contribution in [0.25, 0.3) is 0 Å². The first-order valence-corrected chi connectivity index (χ1v) is 6.77. The average molecular weight is 310 g/mol. The zero-order valence-corrected chi connectivity index (χ0v) is 12.4. The van der Waals surface area contributed by atoms with Crippen molar-refractivity contribution in [2.24, 2.45) is 0 Å². The van der Waals surface area contributed by atoms with Gasteiger partial charge in [0.2, 0.25) is 0 Å². The SMILES string of the molecule is CN/C(NCCCCc1ncccc1Cl)=C(/C#N)[N+](=O)[O-]. The van der Waals surface area contributed by atoms with Crippen molar-refractivity contribution < 1.29 is 4.92 Å². The minimum Gasteiger partial charge on any atom is -0.369 e. The fourth-order valence-electron chi connectivity index (χ4n) is 1.71. The molecule has 0 aromatic carbocycles. The van der Waals surface area contributed by atoms with E-state index in [1.165, 1.54) is 7.05 Å². The Kier molecular flexibility index (Phi) is 6.98. The number of unbranched alkanes of at least 4 members (excludes halogenated alkanes) is 1. The molecule has 1 rings (SSSR count). The number of rotatable bonds is 8. The Balaban J connectivity index is 2.42. The van der Waals surface area contributed by atoms with E-state index < -0.39 is 10.6 Å². The fourth-order valence-corrected chi connectivity index (χ4v) is 1.93. The Bertz CT molecular complexity index is 568. The van der Waals surface area contributed by atoms with Crippen molar-refractivity contribution in [2.75, 3.05) is 13.6 Å². The van der Waals surface area contributed by atoms with Crippen molar-refractivity contribution in [1.82, 2.24) is 15.6 Å². The summed E-state index contributed by atoms with van der Waals surface area (Å²) >= 11 is 6.00. The summed E-state index contributed by atoms with van der Waals surface area (Å²) in [5, 5.41) is 25.5. The Morgan fingerprint density at radius 2 is 2.33 bits per heavy atom. The van der Waals surface area contributed by atoms with Crippen molar-refractivity contribution in [3.63, 3.8) is 0 Å². The third-order valence-electron chi connectivity index (χ3n) is 2.75. The fraction of sp³-hybridized carbons (Fsp3) is 0.385. The van der Waals surface area contributed by atoms with Gasteiger partial charge in [0.05, 0.1) is 15.6 Å². The molecule has 1 heterocycles. The first-order chi connectivity index (χ1) is 10.1. The van der Waals surface area contributed by atoms with Crippen LogP contribution in [0.5, 0.6) is 0 Å². The molecule has 0 bridgehead atoms. The van der Waals surface area contributed by atoms with E-state index in [9.17, 15) is 10.1 Å². The van der Waals surface area contributed by atoms with Crippen molar-refractivity contribution in [2.45, 2.75) is 19.3 Å². The first kappa shape index (κ1) is 16.7. The van der Waals surface area contributed by atoms with Gasteiger partial charge in [-0.15, -0.1) is 0 Å². The maximum absolute atomic E-state index is 10.7. The summed E-state index contributed by atoms with van der Waals surface area (Å²) in [5.41, 5.74) is 0.317. The van der Waals surface area contributed by atoms with Crippen LogP contribution in [0.3, 0.4) is 0 Å². The Morgan fingerprint density at radius 3 is 2.90 bits per heavy atom. The maximum atomic E-state index is 10.7. The molecule has 7 nitrogen and oxygen atoms in total. The molecule has 0 unspecified atom stereocenters. The van der Waals surface area contributed by atoms with Gasteiger partial charge in [0.15, 0.2) is 11.9 Å². The van der Waals surface area contributed by atoms with Crippen LogP contribution in [-0.4, -0.2) is 23.5 Å². The Hall–Kier alpha value is -2.33. The summed E-state index contributed by atoms with van der Waals surface area (Å²) in [6.45, 7) is 0.514. The standard InChI is InChI=1S/C13H16ClN5O2/c1-16-13(12(9-15)19(20)21)18-7-3-2-6-11-10(14)5-4-8-17-11/h4-5,8,16,18H,2-3,6-7H2,1H3/b13-12+. The van der Waals surface area contributed by atoms with E-state index in [4.69, 9.17) is 16.9 Å². The van der Waals surface area contributed by atoms with E-state index in [1.807, 2.05) is 0 Å². The molecule has 0 spiro atoms. The summed E-state index contributed by atoms with van der Waals surface area (Å²) in [6.07, 6.45) is 4.04. The highest BCUT2D eigenvalue weighted by Gasteiger charge is 2.16. The molecular weight excluding hydrogens is 294 g/mol. The molecule has 0 fully saturated rings. The lowest BCUT2D eigenvalue weighted by Gasteiger charge is -2.09. The van der Waals surface area contributed by atoms with Gasteiger partial charge in [-0.3, -0.25) is 15.1 Å². The Morgan fingerprint density at radius 1 is 1.57 bits per heavy atom. The number of nitriles is 1.